The number of alkyl halides is 1. The van der Waals surface area contributed by atoms with Crippen LogP contribution in [-0.2, 0) is 0 Å². The van der Waals surface area contributed by atoms with E-state index in [0.29, 0.717) is 10.2 Å². The van der Waals surface area contributed by atoms with Crippen LogP contribution in [0.1, 0.15) is 13.8 Å². The minimum Gasteiger partial charge on any atom is -0.438 e. The molecule has 6 nitrogen and oxygen atoms in total. The second-order valence-electron chi connectivity index (χ2n) is 4.44. The molecule has 2 heterocycles. The highest BCUT2D eigenvalue weighted by atomic mass is 32.2. The van der Waals surface area contributed by atoms with Crippen molar-refractivity contribution in [3.63, 3.8) is 0 Å². The van der Waals surface area contributed by atoms with E-state index in [1.54, 1.807) is 11.8 Å². The fraction of sp³-hybridized carbons (Fsp3) is 0.250. The number of fused-ring (bicyclic) bond motifs is 1. The molecule has 9 heteroatoms. The van der Waals surface area contributed by atoms with E-state index in [1.807, 2.05) is 26.2 Å². The first-order valence-electron chi connectivity index (χ1n) is 7.43. The van der Waals surface area contributed by atoms with Gasteiger partial charge in [0.25, 0.3) is 5.70 Å². The zero-order chi connectivity index (χ0) is 18.4. The predicted octanol–water partition coefficient (Wildman–Crippen LogP) is 4.77. The largest absolute Gasteiger partial charge is 0.438 e. The number of nitrogens with zero attached hydrogens (tertiary/aromatic N) is 3. The zero-order valence-corrected chi connectivity index (χ0v) is 15.4. The third kappa shape index (κ3) is 4.43. The Kier molecular flexibility index (Phi) is 6.65. The van der Waals surface area contributed by atoms with Crippen LogP contribution in [0.25, 0.3) is 10.2 Å². The molecule has 1 aliphatic carbocycles. The zero-order valence-electron chi connectivity index (χ0n) is 13.8. The van der Waals surface area contributed by atoms with Crippen molar-refractivity contribution in [3.05, 3.63) is 58.3 Å². The van der Waals surface area contributed by atoms with Gasteiger partial charge in [-0.2, -0.15) is 0 Å². The third-order valence-electron chi connectivity index (χ3n) is 3.01. The predicted molar refractivity (Wildman–Crippen MR) is 98.4 cm³/mol. The Morgan fingerprint density at radius 1 is 1.36 bits per heavy atom. The van der Waals surface area contributed by atoms with Gasteiger partial charge in [0, 0.05) is 12.2 Å². The van der Waals surface area contributed by atoms with Gasteiger partial charge in [-0.3, -0.25) is 10.1 Å². The van der Waals surface area contributed by atoms with E-state index in [-0.39, 0.29) is 17.3 Å². The quantitative estimate of drug-likeness (QED) is 0.431. The molecule has 25 heavy (non-hydrogen) atoms. The standard InChI is InChI=1S/C14H10FN3O3S2.C2H6/c1-22-12-6-10-13(23-12)14(17-7-16-10)21-11-5-3-8(18(19)20)2-4-9(11)15;1-2/h2-7,9H,1H3;1-2H3. The molecule has 1 aliphatic rings. The molecule has 0 aliphatic heterocycles. The lowest BCUT2D eigenvalue weighted by Gasteiger charge is -2.09. The summed E-state index contributed by atoms with van der Waals surface area (Å²) < 4.78 is 21.4. The molecule has 0 aromatic carbocycles. The highest BCUT2D eigenvalue weighted by Crippen LogP contribution is 2.36. The summed E-state index contributed by atoms with van der Waals surface area (Å²) in [4.78, 5) is 18.4. The highest BCUT2D eigenvalue weighted by Gasteiger charge is 2.20. The minimum atomic E-state index is -1.59. The van der Waals surface area contributed by atoms with Crippen LogP contribution < -0.4 is 4.74 Å². The maximum atomic E-state index is 14.1. The number of nitro groups is 1. The molecule has 0 saturated heterocycles. The van der Waals surface area contributed by atoms with Gasteiger partial charge < -0.3 is 4.74 Å². The number of hydrogen-bond acceptors (Lipinski definition) is 7. The van der Waals surface area contributed by atoms with Crippen LogP contribution in [0, 0.1) is 10.1 Å². The van der Waals surface area contributed by atoms with Gasteiger partial charge in [-0.15, -0.1) is 23.1 Å². The molecule has 2 aromatic rings. The molecule has 1 atom stereocenters. The van der Waals surface area contributed by atoms with Crippen LogP contribution in [-0.4, -0.2) is 27.3 Å². The molecule has 0 bridgehead atoms. The minimum absolute atomic E-state index is 0.0581. The Hall–Kier alpha value is -2.26. The van der Waals surface area contributed by atoms with Gasteiger partial charge >= 0.3 is 0 Å². The summed E-state index contributed by atoms with van der Waals surface area (Å²) in [6.45, 7) is 4.00. The topological polar surface area (TPSA) is 78.2 Å². The van der Waals surface area contributed by atoms with Crippen molar-refractivity contribution in [2.24, 2.45) is 0 Å². The second-order valence-corrected chi connectivity index (χ2v) is 6.60. The fourth-order valence-corrected chi connectivity index (χ4v) is 3.48. The summed E-state index contributed by atoms with van der Waals surface area (Å²) in [6.07, 6.45) is 6.34. The molecule has 132 valence electrons. The number of thioether (sulfide) groups is 1. The number of rotatable bonds is 4. The van der Waals surface area contributed by atoms with Gasteiger partial charge in [0.05, 0.1) is 14.6 Å². The van der Waals surface area contributed by atoms with E-state index >= 15 is 0 Å². The number of halogens is 1. The molecule has 0 amide bonds. The molecule has 0 radical (unpaired) electrons. The molecule has 3 rings (SSSR count). The van der Waals surface area contributed by atoms with Gasteiger partial charge in [-0.1, -0.05) is 13.8 Å². The van der Waals surface area contributed by atoms with E-state index in [4.69, 9.17) is 4.74 Å². The van der Waals surface area contributed by atoms with Gasteiger partial charge in [0.2, 0.25) is 5.88 Å². The first-order valence-corrected chi connectivity index (χ1v) is 9.47. The Bertz CT molecular complexity index is 861. The average Bonchev–Trinajstić information content (AvgIpc) is 2.97. The Morgan fingerprint density at radius 2 is 2.12 bits per heavy atom. The average molecular weight is 381 g/mol. The number of aromatic nitrogens is 2. The molecule has 0 spiro atoms. The van der Waals surface area contributed by atoms with E-state index in [9.17, 15) is 14.5 Å². The second kappa shape index (κ2) is 8.72. The number of hydrogen-bond donors (Lipinski definition) is 0. The summed E-state index contributed by atoms with van der Waals surface area (Å²) in [5.74, 6) is 0.178. The van der Waals surface area contributed by atoms with E-state index in [1.165, 1.54) is 29.8 Å². The Balaban J connectivity index is 0.00000109. The first kappa shape index (κ1) is 19.1. The molecule has 0 saturated carbocycles. The van der Waals surface area contributed by atoms with E-state index in [2.05, 4.69) is 9.97 Å². The molecular formula is C16H16FN3O3S2. The van der Waals surface area contributed by atoms with Crippen molar-refractivity contribution in [3.8, 4) is 5.88 Å². The van der Waals surface area contributed by atoms with Crippen molar-refractivity contribution in [1.29, 1.82) is 0 Å². The molecular weight excluding hydrogens is 365 g/mol. The van der Waals surface area contributed by atoms with Crippen molar-refractivity contribution in [2.45, 2.75) is 24.2 Å². The van der Waals surface area contributed by atoms with Gasteiger partial charge in [-0.05, 0) is 24.5 Å². The summed E-state index contributed by atoms with van der Waals surface area (Å²) in [5.41, 5.74) is 0.505. The SMILES string of the molecule is CC.CSc1cc2ncnc(OC3=CC=C([N+](=O)[O-])C=CC3F)c2s1. The monoisotopic (exact) mass is 381 g/mol. The first-order chi connectivity index (χ1) is 12.1. The van der Waals surface area contributed by atoms with Crippen molar-refractivity contribution in [2.75, 3.05) is 6.26 Å². The van der Waals surface area contributed by atoms with Crippen molar-refractivity contribution in [1.82, 2.24) is 9.97 Å². The summed E-state index contributed by atoms with van der Waals surface area (Å²) >= 11 is 3.01. The Labute approximate surface area is 152 Å². The highest BCUT2D eigenvalue weighted by molar-refractivity contribution is 8.00. The van der Waals surface area contributed by atoms with Gasteiger partial charge in [-0.25, -0.2) is 14.4 Å². The summed E-state index contributed by atoms with van der Waals surface area (Å²) in [5, 5.41) is 10.8. The Morgan fingerprint density at radius 3 is 2.80 bits per heavy atom. The molecule has 2 aromatic heterocycles. The van der Waals surface area contributed by atoms with E-state index in [0.717, 1.165) is 16.4 Å². The number of thiophene rings is 1. The maximum Gasteiger partial charge on any atom is 0.269 e. The third-order valence-corrected chi connectivity index (χ3v) is 5.19. The maximum absolute atomic E-state index is 14.1. The lowest BCUT2D eigenvalue weighted by molar-refractivity contribution is -0.419. The van der Waals surface area contributed by atoms with Crippen LogP contribution >= 0.6 is 23.1 Å². The van der Waals surface area contributed by atoms with E-state index < -0.39 is 11.1 Å². The van der Waals surface area contributed by atoms with Gasteiger partial charge in [0.1, 0.15) is 16.8 Å². The van der Waals surface area contributed by atoms with Crippen LogP contribution in [0.15, 0.2) is 52.4 Å². The molecule has 1 unspecified atom stereocenters. The fourth-order valence-electron chi connectivity index (χ4n) is 1.90. The summed E-state index contributed by atoms with van der Waals surface area (Å²) in [6, 6.07) is 1.90. The normalized spacial score (nSPS) is 16.4. The lowest BCUT2D eigenvalue weighted by atomic mass is 10.3. The van der Waals surface area contributed by atoms with Crippen LogP contribution in [0.4, 0.5) is 4.39 Å². The molecule has 0 N–H and O–H groups in total. The van der Waals surface area contributed by atoms with Crippen molar-refractivity contribution >= 4 is 33.3 Å². The van der Waals surface area contributed by atoms with Crippen molar-refractivity contribution < 1.29 is 14.1 Å². The van der Waals surface area contributed by atoms with Crippen LogP contribution in [0.2, 0.25) is 0 Å². The number of allylic oxidation sites excluding steroid dienone is 4. The van der Waals surface area contributed by atoms with Crippen LogP contribution in [0.5, 0.6) is 5.88 Å². The smallest absolute Gasteiger partial charge is 0.269 e. The van der Waals surface area contributed by atoms with Crippen LogP contribution in [0.3, 0.4) is 0 Å². The van der Waals surface area contributed by atoms with Gasteiger partial charge in [0.15, 0.2) is 6.17 Å². The lowest BCUT2D eigenvalue weighted by Crippen LogP contribution is -2.08. The summed E-state index contributed by atoms with van der Waals surface area (Å²) in [7, 11) is 0. The number of ether oxygens (including phenoxy) is 1. The molecule has 0 fully saturated rings.